The van der Waals surface area contributed by atoms with Gasteiger partial charge in [-0.2, -0.15) is 0 Å². The number of halogens is 1. The number of carbonyl (C=O) groups excluding carboxylic acids is 1. The molecule has 206 valence electrons. The van der Waals surface area contributed by atoms with Gasteiger partial charge in [0.15, 0.2) is 0 Å². The standard InChI is InChI=1S/C35H37BrO3Si/c1-26(33(34(37)38-5)28-21-23-29(36)24-22-28)25-32(27-15-9-6-10-16-27)39-40(35(2,3)4,30-17-11-7-12-18-30)31-19-13-8-14-20-31/h6-26,33H,1-5H3/b32-25-/t26-,33+/m0/s1. The normalized spacial score (nSPS) is 13.8. The summed E-state index contributed by atoms with van der Waals surface area (Å²) in [4.78, 5) is 13.1. The van der Waals surface area contributed by atoms with Crippen molar-refractivity contribution < 1.29 is 14.0 Å². The minimum Gasteiger partial charge on any atom is -0.534 e. The quantitative estimate of drug-likeness (QED) is 0.109. The second-order valence-electron chi connectivity index (χ2n) is 11.1. The average Bonchev–Trinajstić information content (AvgIpc) is 2.97. The summed E-state index contributed by atoms with van der Waals surface area (Å²) in [6, 6.07) is 39.3. The zero-order valence-electron chi connectivity index (χ0n) is 23.8. The highest BCUT2D eigenvalue weighted by Crippen LogP contribution is 2.40. The van der Waals surface area contributed by atoms with Gasteiger partial charge >= 0.3 is 14.3 Å². The van der Waals surface area contributed by atoms with Crippen molar-refractivity contribution in [2.45, 2.75) is 38.7 Å². The molecule has 4 aromatic carbocycles. The van der Waals surface area contributed by atoms with E-state index in [2.05, 4.69) is 110 Å². The Hall–Kier alpha value is -3.41. The Kier molecular flexibility index (Phi) is 9.49. The fourth-order valence-corrected chi connectivity index (χ4v) is 10.1. The lowest BCUT2D eigenvalue weighted by atomic mass is 9.86. The van der Waals surface area contributed by atoms with Crippen LogP contribution in [0.15, 0.2) is 126 Å². The smallest absolute Gasteiger partial charge is 0.319 e. The van der Waals surface area contributed by atoms with E-state index in [4.69, 9.17) is 9.16 Å². The molecule has 0 radical (unpaired) electrons. The zero-order valence-corrected chi connectivity index (χ0v) is 26.4. The predicted molar refractivity (Wildman–Crippen MR) is 171 cm³/mol. The first-order valence-electron chi connectivity index (χ1n) is 13.6. The number of allylic oxidation sites excluding steroid dienone is 1. The number of methoxy groups -OCH3 is 1. The van der Waals surface area contributed by atoms with E-state index in [0.29, 0.717) is 0 Å². The maximum Gasteiger partial charge on any atom is 0.319 e. The molecule has 0 aliphatic carbocycles. The number of benzene rings is 4. The lowest BCUT2D eigenvalue weighted by molar-refractivity contribution is -0.143. The van der Waals surface area contributed by atoms with Crippen LogP contribution in [0.25, 0.3) is 5.76 Å². The van der Waals surface area contributed by atoms with Crippen LogP contribution in [0.4, 0.5) is 0 Å². The minimum absolute atomic E-state index is 0.206. The van der Waals surface area contributed by atoms with Crippen molar-refractivity contribution in [3.05, 3.63) is 137 Å². The van der Waals surface area contributed by atoms with Gasteiger partial charge in [0.2, 0.25) is 0 Å². The summed E-state index contributed by atoms with van der Waals surface area (Å²) in [5, 5.41) is 2.18. The Morgan fingerprint density at radius 1 is 0.775 bits per heavy atom. The van der Waals surface area contributed by atoms with E-state index in [1.807, 2.05) is 54.6 Å². The third-order valence-corrected chi connectivity index (χ3v) is 12.8. The lowest BCUT2D eigenvalue weighted by Crippen LogP contribution is -2.66. The summed E-state index contributed by atoms with van der Waals surface area (Å²) in [5.74, 6) is -0.195. The first-order valence-corrected chi connectivity index (χ1v) is 16.3. The van der Waals surface area contributed by atoms with Crippen LogP contribution in [-0.2, 0) is 14.0 Å². The zero-order chi connectivity index (χ0) is 28.8. The molecule has 0 heterocycles. The molecule has 0 saturated carbocycles. The molecule has 40 heavy (non-hydrogen) atoms. The summed E-state index contributed by atoms with van der Waals surface area (Å²) in [7, 11) is -1.46. The predicted octanol–water partition coefficient (Wildman–Crippen LogP) is 7.96. The minimum atomic E-state index is -2.91. The Balaban J connectivity index is 1.93. The Labute approximate surface area is 248 Å². The summed E-state index contributed by atoms with van der Waals surface area (Å²) >= 11 is 3.51. The van der Waals surface area contributed by atoms with E-state index in [1.54, 1.807) is 0 Å². The summed E-state index contributed by atoms with van der Waals surface area (Å²) in [5.41, 5.74) is 1.87. The maximum absolute atomic E-state index is 13.1. The van der Waals surface area contributed by atoms with E-state index in [9.17, 15) is 4.79 Å². The van der Waals surface area contributed by atoms with Gasteiger partial charge in [-0.15, -0.1) is 0 Å². The molecule has 2 atom stereocenters. The highest BCUT2D eigenvalue weighted by Gasteiger charge is 2.52. The van der Waals surface area contributed by atoms with Crippen LogP contribution in [0, 0.1) is 5.92 Å². The van der Waals surface area contributed by atoms with Crippen molar-refractivity contribution in [2.75, 3.05) is 7.11 Å². The van der Waals surface area contributed by atoms with Gasteiger partial charge < -0.3 is 9.16 Å². The van der Waals surface area contributed by atoms with Gasteiger partial charge in [0, 0.05) is 10.0 Å². The molecule has 0 saturated heterocycles. The summed E-state index contributed by atoms with van der Waals surface area (Å²) in [6.07, 6.45) is 2.11. The summed E-state index contributed by atoms with van der Waals surface area (Å²) < 4.78 is 13.7. The second-order valence-corrected chi connectivity index (χ2v) is 16.2. The number of hydrogen-bond acceptors (Lipinski definition) is 3. The molecule has 0 aliphatic heterocycles. The van der Waals surface area contributed by atoms with Crippen LogP contribution < -0.4 is 10.4 Å². The topological polar surface area (TPSA) is 35.5 Å². The van der Waals surface area contributed by atoms with Crippen LogP contribution in [-0.4, -0.2) is 21.4 Å². The van der Waals surface area contributed by atoms with Crippen molar-refractivity contribution >= 4 is 46.3 Å². The molecule has 3 nitrogen and oxygen atoms in total. The molecule has 0 aromatic heterocycles. The number of rotatable bonds is 9. The molecule has 0 amide bonds. The van der Waals surface area contributed by atoms with Gasteiger partial charge in [0.25, 0.3) is 0 Å². The highest BCUT2D eigenvalue weighted by molar-refractivity contribution is 9.10. The van der Waals surface area contributed by atoms with Crippen molar-refractivity contribution in [3.63, 3.8) is 0 Å². The molecule has 5 heteroatoms. The van der Waals surface area contributed by atoms with Crippen molar-refractivity contribution in [3.8, 4) is 0 Å². The van der Waals surface area contributed by atoms with E-state index in [1.165, 1.54) is 17.5 Å². The molecule has 4 rings (SSSR count). The van der Waals surface area contributed by atoms with Gasteiger partial charge in [-0.3, -0.25) is 4.79 Å². The van der Waals surface area contributed by atoms with Crippen molar-refractivity contribution in [2.24, 2.45) is 5.92 Å². The largest absolute Gasteiger partial charge is 0.534 e. The Morgan fingerprint density at radius 2 is 1.25 bits per heavy atom. The lowest BCUT2D eigenvalue weighted by Gasteiger charge is -2.43. The average molecular weight is 614 g/mol. The number of ether oxygens (including phenoxy) is 1. The molecular weight excluding hydrogens is 576 g/mol. The maximum atomic E-state index is 13.1. The fourth-order valence-electron chi connectivity index (χ4n) is 5.39. The van der Waals surface area contributed by atoms with Gasteiger partial charge in [0.1, 0.15) is 5.76 Å². The van der Waals surface area contributed by atoms with Crippen LogP contribution in [0.2, 0.25) is 5.04 Å². The van der Waals surface area contributed by atoms with Crippen molar-refractivity contribution in [1.29, 1.82) is 0 Å². The molecule has 0 bridgehead atoms. The van der Waals surface area contributed by atoms with E-state index < -0.39 is 14.2 Å². The first-order chi connectivity index (χ1) is 19.2. The molecular formula is C35H37BrO3Si. The molecule has 0 spiro atoms. The van der Waals surface area contributed by atoms with Crippen LogP contribution >= 0.6 is 15.9 Å². The molecule has 4 aromatic rings. The van der Waals surface area contributed by atoms with E-state index in [-0.39, 0.29) is 16.9 Å². The van der Waals surface area contributed by atoms with Crippen LogP contribution in [0.5, 0.6) is 0 Å². The first kappa shape index (κ1) is 29.6. The molecule has 0 aliphatic rings. The number of carbonyl (C=O) groups is 1. The Morgan fingerprint density at radius 3 is 1.70 bits per heavy atom. The number of hydrogen-bond donors (Lipinski definition) is 0. The third kappa shape index (κ3) is 6.32. The van der Waals surface area contributed by atoms with Gasteiger partial charge in [-0.1, -0.05) is 147 Å². The molecule has 0 N–H and O–H groups in total. The SMILES string of the molecule is COC(=O)[C@@H](c1ccc(Br)cc1)[C@@H](C)/C=C(\O[Si](c1ccccc1)(c1ccccc1)C(C)(C)C)c1ccccc1. The van der Waals surface area contributed by atoms with Crippen molar-refractivity contribution in [1.82, 2.24) is 0 Å². The monoisotopic (exact) mass is 612 g/mol. The number of esters is 1. The molecule has 0 unspecified atom stereocenters. The van der Waals surface area contributed by atoms with Gasteiger partial charge in [-0.25, -0.2) is 0 Å². The van der Waals surface area contributed by atoms with Crippen LogP contribution in [0.3, 0.4) is 0 Å². The second kappa shape index (κ2) is 12.8. The van der Waals surface area contributed by atoms with Gasteiger partial charge in [0.05, 0.1) is 13.0 Å². The van der Waals surface area contributed by atoms with E-state index >= 15 is 0 Å². The fraction of sp³-hybridized carbons (Fsp3) is 0.229. The summed E-state index contributed by atoms with van der Waals surface area (Å²) in [6.45, 7) is 8.86. The Bertz CT molecular complexity index is 1370. The highest BCUT2D eigenvalue weighted by atomic mass is 79.9. The molecule has 0 fully saturated rings. The third-order valence-electron chi connectivity index (χ3n) is 7.36. The van der Waals surface area contributed by atoms with E-state index in [0.717, 1.165) is 21.4 Å². The van der Waals surface area contributed by atoms with Crippen LogP contribution in [0.1, 0.15) is 44.7 Å². The van der Waals surface area contributed by atoms with Gasteiger partial charge in [-0.05, 0) is 45.1 Å².